The first-order valence-electron chi connectivity index (χ1n) is 6.38. The van der Waals surface area contributed by atoms with Crippen molar-refractivity contribution in [2.24, 2.45) is 7.05 Å². The maximum absolute atomic E-state index is 6.06. The lowest BCUT2D eigenvalue weighted by molar-refractivity contribution is 0.644. The van der Waals surface area contributed by atoms with Gasteiger partial charge < -0.3 is 4.90 Å². The second kappa shape index (κ2) is 5.97. The molecule has 0 spiro atoms. The second-order valence-electron chi connectivity index (χ2n) is 4.89. The van der Waals surface area contributed by atoms with Gasteiger partial charge in [0.2, 0.25) is 0 Å². The minimum Gasteiger partial charge on any atom is -0.357 e. The topological polar surface area (TPSA) is 21.1 Å². The summed E-state index contributed by atoms with van der Waals surface area (Å²) < 4.78 is 1.93. The molecule has 0 saturated carbocycles. The second-order valence-corrected chi connectivity index (χ2v) is 6.19. The van der Waals surface area contributed by atoms with Crippen LogP contribution in [-0.2, 0) is 19.3 Å². The molecule has 2 aromatic heterocycles. The van der Waals surface area contributed by atoms with Gasteiger partial charge in [-0.1, -0.05) is 6.07 Å². The van der Waals surface area contributed by atoms with E-state index < -0.39 is 0 Å². The van der Waals surface area contributed by atoms with Crippen LogP contribution in [0.2, 0.25) is 0 Å². The minimum absolute atomic E-state index is 0.412. The quantitative estimate of drug-likeness (QED) is 0.786. The van der Waals surface area contributed by atoms with Gasteiger partial charge in [0.15, 0.2) is 0 Å². The van der Waals surface area contributed by atoms with Gasteiger partial charge in [0.05, 0.1) is 11.6 Å². The van der Waals surface area contributed by atoms with Gasteiger partial charge >= 0.3 is 0 Å². The molecule has 0 aliphatic carbocycles. The van der Waals surface area contributed by atoms with Crippen LogP contribution in [-0.4, -0.2) is 22.9 Å². The predicted octanol–water partition coefficient (Wildman–Crippen LogP) is 3.60. The van der Waals surface area contributed by atoms with Crippen molar-refractivity contribution < 1.29 is 0 Å². The summed E-state index contributed by atoms with van der Waals surface area (Å²) in [6.45, 7) is 4.25. The van der Waals surface area contributed by atoms with Crippen LogP contribution in [0.15, 0.2) is 17.5 Å². The molecule has 0 fully saturated rings. The molecular formula is C14H20ClN3S. The molecule has 3 nitrogen and oxygen atoms in total. The van der Waals surface area contributed by atoms with Gasteiger partial charge in [-0.15, -0.1) is 22.9 Å². The van der Waals surface area contributed by atoms with E-state index in [0.29, 0.717) is 11.9 Å². The number of aromatic nitrogens is 2. The number of thiophene rings is 1. The number of likely N-dealkylation sites (N-methyl/N-ethyl adjacent to an activating group) is 1. The number of nitrogens with zero attached hydrogens (tertiary/aromatic N) is 3. The Labute approximate surface area is 123 Å². The van der Waals surface area contributed by atoms with Gasteiger partial charge in [0.1, 0.15) is 5.82 Å². The van der Waals surface area contributed by atoms with E-state index in [0.717, 1.165) is 23.5 Å². The predicted molar refractivity (Wildman–Crippen MR) is 83.4 cm³/mol. The molecule has 2 rings (SSSR count). The van der Waals surface area contributed by atoms with E-state index in [1.807, 2.05) is 30.0 Å². The molecule has 1 unspecified atom stereocenters. The number of anilines is 1. The number of hydrogen-bond acceptors (Lipinski definition) is 3. The zero-order chi connectivity index (χ0) is 14.0. The van der Waals surface area contributed by atoms with E-state index in [-0.39, 0.29) is 0 Å². The summed E-state index contributed by atoms with van der Waals surface area (Å²) in [5, 5.41) is 6.60. The molecule has 0 N–H and O–H groups in total. The molecule has 0 aliphatic rings. The van der Waals surface area contributed by atoms with E-state index in [2.05, 4.69) is 41.5 Å². The average Bonchev–Trinajstić information content (AvgIpc) is 2.95. The molecule has 0 amide bonds. The summed E-state index contributed by atoms with van der Waals surface area (Å²) >= 11 is 7.87. The van der Waals surface area contributed by atoms with E-state index in [4.69, 9.17) is 11.6 Å². The fraction of sp³-hybridized carbons (Fsp3) is 0.500. The Balaban J connectivity index is 2.21. The number of hydrogen-bond donors (Lipinski definition) is 0. The summed E-state index contributed by atoms with van der Waals surface area (Å²) in [7, 11) is 4.09. The van der Waals surface area contributed by atoms with Crippen LogP contribution in [0.1, 0.15) is 23.1 Å². The standard InChI is InChI=1S/C14H20ClN3S/c1-10(8-12-6-5-7-19-12)17(3)14-13(9-15)11(2)16-18(14)4/h5-7,10H,8-9H2,1-4H3. The molecule has 1 atom stereocenters. The van der Waals surface area contributed by atoms with Crippen LogP contribution in [0.5, 0.6) is 0 Å². The summed E-state index contributed by atoms with van der Waals surface area (Å²) in [6, 6.07) is 4.70. The maximum Gasteiger partial charge on any atom is 0.131 e. The average molecular weight is 298 g/mol. The lowest BCUT2D eigenvalue weighted by atomic mass is 10.1. The highest BCUT2D eigenvalue weighted by Gasteiger charge is 2.20. The summed E-state index contributed by atoms with van der Waals surface area (Å²) in [5.74, 6) is 1.63. The lowest BCUT2D eigenvalue weighted by Gasteiger charge is -2.27. The number of aryl methyl sites for hydroxylation is 2. The van der Waals surface area contributed by atoms with Gasteiger partial charge in [-0.05, 0) is 25.3 Å². The zero-order valence-electron chi connectivity index (χ0n) is 11.9. The van der Waals surface area contributed by atoms with E-state index in [1.165, 1.54) is 4.88 Å². The van der Waals surface area contributed by atoms with Gasteiger partial charge in [-0.25, -0.2) is 0 Å². The van der Waals surface area contributed by atoms with Crippen LogP contribution in [0.25, 0.3) is 0 Å². The normalized spacial score (nSPS) is 12.7. The van der Waals surface area contributed by atoms with Crippen molar-refractivity contribution in [3.05, 3.63) is 33.6 Å². The Morgan fingerprint density at radius 2 is 2.26 bits per heavy atom. The number of alkyl halides is 1. The van der Waals surface area contributed by atoms with Crippen LogP contribution in [0.4, 0.5) is 5.82 Å². The largest absolute Gasteiger partial charge is 0.357 e. The van der Waals surface area contributed by atoms with Gasteiger partial charge in [0.25, 0.3) is 0 Å². The highest BCUT2D eigenvalue weighted by Crippen LogP contribution is 2.26. The van der Waals surface area contributed by atoms with Gasteiger partial charge in [0, 0.05) is 37.0 Å². The highest BCUT2D eigenvalue weighted by atomic mass is 35.5. The van der Waals surface area contributed by atoms with Gasteiger partial charge in [-0.3, -0.25) is 4.68 Å². The molecule has 104 valence electrons. The third kappa shape index (κ3) is 2.95. The Hall–Kier alpha value is -1.00. The first-order valence-corrected chi connectivity index (χ1v) is 7.79. The van der Waals surface area contributed by atoms with E-state index >= 15 is 0 Å². The molecular weight excluding hydrogens is 278 g/mol. The van der Waals surface area contributed by atoms with Crippen molar-refractivity contribution in [3.8, 4) is 0 Å². The molecule has 19 heavy (non-hydrogen) atoms. The number of rotatable bonds is 5. The molecule has 5 heteroatoms. The molecule has 0 bridgehead atoms. The first kappa shape index (κ1) is 14.4. The molecule has 0 saturated heterocycles. The van der Waals surface area contributed by atoms with Crippen LogP contribution in [0, 0.1) is 6.92 Å². The van der Waals surface area contributed by atoms with E-state index in [1.54, 1.807) is 0 Å². The molecule has 2 heterocycles. The molecule has 0 aliphatic heterocycles. The molecule has 2 aromatic rings. The van der Waals surface area contributed by atoms with Crippen molar-refractivity contribution in [2.75, 3.05) is 11.9 Å². The molecule has 0 radical (unpaired) electrons. The lowest BCUT2D eigenvalue weighted by Crippen LogP contribution is -2.32. The maximum atomic E-state index is 6.06. The Kier molecular flexibility index (Phi) is 4.53. The third-order valence-electron chi connectivity index (χ3n) is 3.52. The number of halogens is 1. The van der Waals surface area contributed by atoms with Crippen LogP contribution < -0.4 is 4.90 Å². The SMILES string of the molecule is Cc1nn(C)c(N(C)C(C)Cc2cccs2)c1CCl. The summed E-state index contributed by atoms with van der Waals surface area (Å²) in [5.41, 5.74) is 2.15. The van der Waals surface area contributed by atoms with Crippen molar-refractivity contribution in [2.45, 2.75) is 32.2 Å². The van der Waals surface area contributed by atoms with Crippen molar-refractivity contribution >= 4 is 28.8 Å². The summed E-state index contributed by atoms with van der Waals surface area (Å²) in [4.78, 5) is 3.68. The Bertz CT molecular complexity index is 533. The Morgan fingerprint density at radius 1 is 1.53 bits per heavy atom. The monoisotopic (exact) mass is 297 g/mol. The van der Waals surface area contributed by atoms with Crippen LogP contribution >= 0.6 is 22.9 Å². The Morgan fingerprint density at radius 3 is 2.84 bits per heavy atom. The fourth-order valence-electron chi connectivity index (χ4n) is 2.35. The van der Waals surface area contributed by atoms with Crippen LogP contribution in [0.3, 0.4) is 0 Å². The third-order valence-corrected chi connectivity index (χ3v) is 4.68. The minimum atomic E-state index is 0.412. The van der Waals surface area contributed by atoms with Crippen molar-refractivity contribution in [1.82, 2.24) is 9.78 Å². The van der Waals surface area contributed by atoms with E-state index in [9.17, 15) is 0 Å². The smallest absolute Gasteiger partial charge is 0.131 e. The summed E-state index contributed by atoms with van der Waals surface area (Å²) in [6.07, 6.45) is 1.04. The van der Waals surface area contributed by atoms with Gasteiger partial charge in [-0.2, -0.15) is 5.10 Å². The first-order chi connectivity index (χ1) is 9.04. The molecule has 0 aromatic carbocycles. The van der Waals surface area contributed by atoms with Crippen molar-refractivity contribution in [3.63, 3.8) is 0 Å². The fourth-order valence-corrected chi connectivity index (χ4v) is 3.49. The van der Waals surface area contributed by atoms with Crippen molar-refractivity contribution in [1.29, 1.82) is 0 Å². The highest BCUT2D eigenvalue weighted by molar-refractivity contribution is 7.09. The zero-order valence-corrected chi connectivity index (χ0v) is 13.4.